The van der Waals surface area contributed by atoms with Gasteiger partial charge in [-0.1, -0.05) is 52.3 Å². The monoisotopic (exact) mass is 685 g/mol. The molecule has 2 N–H and O–H groups in total. The van der Waals surface area contributed by atoms with Crippen LogP contribution in [0.25, 0.3) is 6.08 Å². The Morgan fingerprint density at radius 1 is 0.911 bits per heavy atom. The van der Waals surface area contributed by atoms with Crippen molar-refractivity contribution in [3.63, 3.8) is 0 Å². The number of thioether (sulfide) groups is 1. The van der Waals surface area contributed by atoms with Gasteiger partial charge < -0.3 is 20.1 Å². The highest BCUT2D eigenvalue weighted by atomic mass is 79.9. The summed E-state index contributed by atoms with van der Waals surface area (Å²) in [7, 11) is 3.00. The highest BCUT2D eigenvalue weighted by molar-refractivity contribution is 9.10. The second kappa shape index (κ2) is 14.3. The number of nitrogens with one attached hydrogen (secondary N) is 2. The fourth-order valence-electron chi connectivity index (χ4n) is 4.69. The molecule has 4 aromatic rings. The molecule has 1 heterocycles. The quantitative estimate of drug-likeness (QED) is 0.149. The molecule has 4 aromatic carbocycles. The van der Waals surface area contributed by atoms with Crippen LogP contribution < -0.4 is 25.0 Å². The molecule has 0 aromatic heterocycles. The van der Waals surface area contributed by atoms with E-state index < -0.39 is 17.1 Å². The fraction of sp³-hybridized carbons (Fsp3) is 0.118. The van der Waals surface area contributed by atoms with Gasteiger partial charge in [-0.25, -0.2) is 4.90 Å². The molecule has 1 atom stereocenters. The third-order valence-corrected chi connectivity index (χ3v) is 8.53. The minimum absolute atomic E-state index is 0.0323. The van der Waals surface area contributed by atoms with E-state index >= 15 is 0 Å². The molecule has 1 aliphatic heterocycles. The molecule has 0 spiro atoms. The van der Waals surface area contributed by atoms with Gasteiger partial charge in [0.25, 0.3) is 11.8 Å². The Hall–Kier alpha value is -4.87. The lowest BCUT2D eigenvalue weighted by Crippen LogP contribution is -2.31. The zero-order valence-electron chi connectivity index (χ0n) is 24.3. The number of hydrogen-bond acceptors (Lipinski definition) is 7. The Balaban J connectivity index is 1.37. The summed E-state index contributed by atoms with van der Waals surface area (Å²) in [5.74, 6) is -0.777. The molecule has 1 unspecified atom stereocenters. The van der Waals surface area contributed by atoms with Crippen LogP contribution in [-0.4, -0.2) is 43.1 Å². The number of halogens is 1. The van der Waals surface area contributed by atoms with Crippen molar-refractivity contribution in [3.05, 3.63) is 118 Å². The first-order chi connectivity index (χ1) is 21.8. The van der Waals surface area contributed by atoms with Crippen LogP contribution in [-0.2, 0) is 14.4 Å². The van der Waals surface area contributed by atoms with E-state index in [0.717, 1.165) is 4.47 Å². The number of amides is 4. The Morgan fingerprint density at radius 3 is 2.36 bits per heavy atom. The molecule has 228 valence electrons. The molecule has 5 rings (SSSR count). The third kappa shape index (κ3) is 7.44. The zero-order chi connectivity index (χ0) is 31.9. The number of carbonyl (C=O) groups is 4. The van der Waals surface area contributed by atoms with Gasteiger partial charge in [-0.3, -0.25) is 19.2 Å². The maximum atomic E-state index is 13.6. The minimum atomic E-state index is -0.617. The van der Waals surface area contributed by atoms with E-state index in [4.69, 9.17) is 9.47 Å². The molecule has 9 nitrogen and oxygen atoms in total. The van der Waals surface area contributed by atoms with Crippen molar-refractivity contribution < 1.29 is 28.7 Å². The van der Waals surface area contributed by atoms with Crippen molar-refractivity contribution in [3.8, 4) is 11.5 Å². The van der Waals surface area contributed by atoms with Gasteiger partial charge in [0, 0.05) is 32.6 Å². The van der Waals surface area contributed by atoms with Crippen molar-refractivity contribution in [2.24, 2.45) is 0 Å². The van der Waals surface area contributed by atoms with Crippen molar-refractivity contribution in [1.29, 1.82) is 0 Å². The molecule has 4 amide bonds. The minimum Gasteiger partial charge on any atom is -0.493 e. The second-order valence-corrected chi connectivity index (χ2v) is 12.0. The Kier molecular flexibility index (Phi) is 10.0. The largest absolute Gasteiger partial charge is 0.493 e. The summed E-state index contributed by atoms with van der Waals surface area (Å²) >= 11 is 4.61. The molecule has 0 bridgehead atoms. The summed E-state index contributed by atoms with van der Waals surface area (Å²) in [4.78, 5) is 54.5. The number of ether oxygens (including phenoxy) is 2. The van der Waals surface area contributed by atoms with Gasteiger partial charge in [-0.2, -0.15) is 0 Å². The van der Waals surface area contributed by atoms with E-state index in [9.17, 15) is 19.2 Å². The molecule has 1 aliphatic rings. The Bertz CT molecular complexity index is 1780. The van der Waals surface area contributed by atoms with Gasteiger partial charge in [0.15, 0.2) is 11.5 Å². The summed E-state index contributed by atoms with van der Waals surface area (Å²) < 4.78 is 11.8. The Labute approximate surface area is 272 Å². The number of hydrogen-bond donors (Lipinski definition) is 2. The lowest BCUT2D eigenvalue weighted by atomic mass is 10.1. The van der Waals surface area contributed by atoms with Gasteiger partial charge in [0.05, 0.1) is 25.2 Å². The van der Waals surface area contributed by atoms with Crippen molar-refractivity contribution in [1.82, 2.24) is 5.32 Å². The van der Waals surface area contributed by atoms with Gasteiger partial charge in [-0.05, 0) is 66.7 Å². The zero-order valence-corrected chi connectivity index (χ0v) is 26.7. The first-order valence-electron chi connectivity index (χ1n) is 13.8. The van der Waals surface area contributed by atoms with Crippen LogP contribution in [0.15, 0.2) is 112 Å². The van der Waals surface area contributed by atoms with Crippen LogP contribution in [0.2, 0.25) is 0 Å². The summed E-state index contributed by atoms with van der Waals surface area (Å²) in [6, 6.07) is 27.7. The molecule has 1 saturated heterocycles. The first-order valence-corrected chi connectivity index (χ1v) is 15.4. The fourth-order valence-corrected chi connectivity index (χ4v) is 6.07. The van der Waals surface area contributed by atoms with Crippen LogP contribution in [0.3, 0.4) is 0 Å². The van der Waals surface area contributed by atoms with Crippen LogP contribution in [0.1, 0.15) is 22.3 Å². The summed E-state index contributed by atoms with van der Waals surface area (Å²) in [6.45, 7) is 0. The average Bonchev–Trinajstić information content (AvgIpc) is 3.33. The first kappa shape index (κ1) is 31.6. The Morgan fingerprint density at radius 2 is 1.64 bits per heavy atom. The van der Waals surface area contributed by atoms with E-state index in [0.29, 0.717) is 38.9 Å². The predicted octanol–water partition coefficient (Wildman–Crippen LogP) is 6.30. The van der Waals surface area contributed by atoms with E-state index in [1.807, 2.05) is 0 Å². The number of benzene rings is 4. The van der Waals surface area contributed by atoms with Crippen molar-refractivity contribution in [2.45, 2.75) is 16.6 Å². The van der Waals surface area contributed by atoms with Crippen molar-refractivity contribution in [2.75, 3.05) is 24.4 Å². The van der Waals surface area contributed by atoms with Crippen LogP contribution >= 0.6 is 27.7 Å². The molecule has 11 heteroatoms. The highest BCUT2D eigenvalue weighted by Crippen LogP contribution is 2.36. The second-order valence-electron chi connectivity index (χ2n) is 9.80. The molecular weight excluding hydrogens is 658 g/mol. The molecular formula is C34H28BrN3O6S. The maximum Gasteiger partial charge on any atom is 0.272 e. The SMILES string of the molecule is COc1cccc(/C=C(\NC(=O)c2ccccc2)C(=O)Nc2cccc(SC3CC(=O)N(c4ccc(Br)cc4)C3=O)c2)c1OC. The van der Waals surface area contributed by atoms with E-state index in [-0.39, 0.29) is 23.9 Å². The predicted molar refractivity (Wildman–Crippen MR) is 177 cm³/mol. The average molecular weight is 687 g/mol. The number of rotatable bonds is 10. The van der Waals surface area contributed by atoms with E-state index in [1.54, 1.807) is 97.1 Å². The van der Waals surface area contributed by atoms with Gasteiger partial charge in [0.1, 0.15) is 5.70 Å². The van der Waals surface area contributed by atoms with Crippen LogP contribution in [0, 0.1) is 0 Å². The summed E-state index contributed by atoms with van der Waals surface area (Å²) in [5, 5.41) is 4.94. The van der Waals surface area contributed by atoms with E-state index in [2.05, 4.69) is 26.6 Å². The summed E-state index contributed by atoms with van der Waals surface area (Å²) in [5.41, 5.74) is 1.81. The number of para-hydroxylation sites is 1. The lowest BCUT2D eigenvalue weighted by molar-refractivity contribution is -0.121. The van der Waals surface area contributed by atoms with Gasteiger partial charge in [0.2, 0.25) is 11.8 Å². The number of anilines is 2. The standard InChI is InChI=1S/C34H28BrN3O6S/c1-43-28-13-6-10-22(31(28)44-2)18-27(37-32(40)21-8-4-3-5-9-21)33(41)36-24-11-7-12-26(19-24)45-29-20-30(39)38(34(29)42)25-16-14-23(35)15-17-25/h3-19,29H,20H2,1-2H3,(H,36,41)(H,37,40)/b27-18-. The van der Waals surface area contributed by atoms with Gasteiger partial charge >= 0.3 is 0 Å². The number of carbonyl (C=O) groups excluding carboxylic acids is 4. The third-order valence-electron chi connectivity index (χ3n) is 6.82. The number of methoxy groups -OCH3 is 2. The number of nitrogens with zero attached hydrogens (tertiary/aromatic N) is 1. The summed E-state index contributed by atoms with van der Waals surface area (Å²) in [6.07, 6.45) is 1.56. The van der Waals surface area contributed by atoms with Crippen LogP contribution in [0.5, 0.6) is 11.5 Å². The molecule has 0 saturated carbocycles. The topological polar surface area (TPSA) is 114 Å². The molecule has 1 fully saturated rings. The molecule has 0 radical (unpaired) electrons. The van der Waals surface area contributed by atoms with Crippen molar-refractivity contribution >= 4 is 68.8 Å². The number of imide groups is 1. The van der Waals surface area contributed by atoms with E-state index in [1.165, 1.54) is 37.0 Å². The van der Waals surface area contributed by atoms with Crippen LogP contribution in [0.4, 0.5) is 11.4 Å². The highest BCUT2D eigenvalue weighted by Gasteiger charge is 2.40. The molecule has 45 heavy (non-hydrogen) atoms. The van der Waals surface area contributed by atoms with Gasteiger partial charge in [-0.15, -0.1) is 11.8 Å². The molecule has 0 aliphatic carbocycles. The maximum absolute atomic E-state index is 13.6. The smallest absolute Gasteiger partial charge is 0.272 e. The normalized spacial score (nSPS) is 14.7. The lowest BCUT2D eigenvalue weighted by Gasteiger charge is -2.15.